The number of likely N-dealkylation sites (tertiary alicyclic amines) is 1. The summed E-state index contributed by atoms with van der Waals surface area (Å²) < 4.78 is 0. The smallest absolute Gasteiger partial charge is 0.267 e. The van der Waals surface area contributed by atoms with Crippen molar-refractivity contribution in [1.82, 2.24) is 14.8 Å². The SMILES string of the molecule is CCN(C)c1nc(N)c(C(=O)N(C)CCN2CCCC2)s1. The third-order valence-corrected chi connectivity index (χ3v) is 5.11. The Kier molecular flexibility index (Phi) is 5.41. The van der Waals surface area contributed by atoms with Gasteiger partial charge in [0.25, 0.3) is 5.91 Å². The maximum Gasteiger partial charge on any atom is 0.267 e. The first-order valence-electron chi connectivity index (χ1n) is 7.48. The van der Waals surface area contributed by atoms with Gasteiger partial charge in [-0.05, 0) is 32.9 Å². The van der Waals surface area contributed by atoms with E-state index in [0.29, 0.717) is 10.7 Å². The molecule has 0 bridgehead atoms. The van der Waals surface area contributed by atoms with Crippen LogP contribution in [0.2, 0.25) is 0 Å². The summed E-state index contributed by atoms with van der Waals surface area (Å²) >= 11 is 1.37. The van der Waals surface area contributed by atoms with Crippen LogP contribution in [0.25, 0.3) is 0 Å². The van der Waals surface area contributed by atoms with E-state index in [4.69, 9.17) is 5.73 Å². The average Bonchev–Trinajstić information content (AvgIpc) is 3.12. The van der Waals surface area contributed by atoms with Crippen LogP contribution in [0.15, 0.2) is 0 Å². The van der Waals surface area contributed by atoms with Crippen molar-refractivity contribution >= 4 is 28.2 Å². The van der Waals surface area contributed by atoms with Gasteiger partial charge in [-0.3, -0.25) is 4.79 Å². The lowest BCUT2D eigenvalue weighted by Gasteiger charge is -2.21. The van der Waals surface area contributed by atoms with E-state index in [0.717, 1.165) is 37.9 Å². The minimum atomic E-state index is -0.0278. The molecular weight excluding hydrogens is 286 g/mol. The highest BCUT2D eigenvalue weighted by Crippen LogP contribution is 2.28. The van der Waals surface area contributed by atoms with Gasteiger partial charge in [-0.25, -0.2) is 4.98 Å². The molecule has 7 heteroatoms. The lowest BCUT2D eigenvalue weighted by atomic mass is 10.4. The van der Waals surface area contributed by atoms with Crippen LogP contribution < -0.4 is 10.6 Å². The molecule has 1 aromatic rings. The van der Waals surface area contributed by atoms with Crippen LogP contribution in [0.3, 0.4) is 0 Å². The normalized spacial score (nSPS) is 15.4. The largest absolute Gasteiger partial charge is 0.382 e. The van der Waals surface area contributed by atoms with Gasteiger partial charge < -0.3 is 20.4 Å². The number of likely N-dealkylation sites (N-methyl/N-ethyl adjacent to an activating group) is 1. The number of hydrogen-bond acceptors (Lipinski definition) is 6. The second-order valence-electron chi connectivity index (χ2n) is 5.50. The molecule has 2 N–H and O–H groups in total. The highest BCUT2D eigenvalue weighted by atomic mass is 32.1. The summed E-state index contributed by atoms with van der Waals surface area (Å²) in [6, 6.07) is 0. The molecule has 6 nitrogen and oxygen atoms in total. The summed E-state index contributed by atoms with van der Waals surface area (Å²) in [7, 11) is 3.78. The number of nitrogens with two attached hydrogens (primary N) is 1. The first-order chi connectivity index (χ1) is 10.0. The van der Waals surface area contributed by atoms with Crippen LogP contribution in [-0.4, -0.2) is 67.5 Å². The van der Waals surface area contributed by atoms with Crippen molar-refractivity contribution in [1.29, 1.82) is 0 Å². The Labute approximate surface area is 130 Å². The van der Waals surface area contributed by atoms with Crippen molar-refractivity contribution in [2.75, 3.05) is 57.5 Å². The number of aromatic nitrogens is 1. The molecular formula is C14H25N5OS. The zero-order valence-electron chi connectivity index (χ0n) is 13.1. The second-order valence-corrected chi connectivity index (χ2v) is 6.48. The van der Waals surface area contributed by atoms with Gasteiger partial charge in [-0.15, -0.1) is 0 Å². The van der Waals surface area contributed by atoms with E-state index in [1.165, 1.54) is 24.2 Å². The van der Waals surface area contributed by atoms with Crippen molar-refractivity contribution in [3.05, 3.63) is 4.88 Å². The van der Waals surface area contributed by atoms with E-state index in [2.05, 4.69) is 9.88 Å². The molecule has 1 aliphatic rings. The van der Waals surface area contributed by atoms with Crippen LogP contribution in [-0.2, 0) is 0 Å². The summed E-state index contributed by atoms with van der Waals surface area (Å²) in [6.45, 7) is 6.84. The van der Waals surface area contributed by atoms with Gasteiger partial charge in [0, 0.05) is 33.7 Å². The Morgan fingerprint density at radius 1 is 1.38 bits per heavy atom. The summed E-state index contributed by atoms with van der Waals surface area (Å²) in [5, 5.41) is 0.797. The Hall–Kier alpha value is -1.34. The zero-order valence-corrected chi connectivity index (χ0v) is 13.9. The molecule has 0 radical (unpaired) electrons. The molecule has 0 aliphatic carbocycles. The first kappa shape index (κ1) is 16.0. The van der Waals surface area contributed by atoms with Gasteiger partial charge in [0.15, 0.2) is 5.13 Å². The quantitative estimate of drug-likeness (QED) is 0.859. The van der Waals surface area contributed by atoms with Crippen molar-refractivity contribution in [3.8, 4) is 0 Å². The molecule has 2 heterocycles. The topological polar surface area (TPSA) is 65.7 Å². The van der Waals surface area contributed by atoms with Crippen LogP contribution in [0, 0.1) is 0 Å². The highest BCUT2D eigenvalue weighted by Gasteiger charge is 2.21. The molecule has 1 aromatic heterocycles. The van der Waals surface area contributed by atoms with Crippen molar-refractivity contribution in [2.24, 2.45) is 0 Å². The molecule has 1 fully saturated rings. The summed E-state index contributed by atoms with van der Waals surface area (Å²) in [4.78, 5) is 23.4. The number of carbonyl (C=O) groups is 1. The molecule has 118 valence electrons. The van der Waals surface area contributed by atoms with E-state index in [9.17, 15) is 4.79 Å². The van der Waals surface area contributed by atoms with E-state index in [1.54, 1.807) is 4.90 Å². The Bertz CT molecular complexity index is 484. The van der Waals surface area contributed by atoms with Crippen molar-refractivity contribution in [2.45, 2.75) is 19.8 Å². The zero-order chi connectivity index (χ0) is 15.4. The van der Waals surface area contributed by atoms with Crippen LogP contribution in [0.1, 0.15) is 29.4 Å². The lowest BCUT2D eigenvalue weighted by molar-refractivity contribution is 0.0788. The van der Waals surface area contributed by atoms with Gasteiger partial charge >= 0.3 is 0 Å². The average molecular weight is 311 g/mol. The predicted molar refractivity (Wildman–Crippen MR) is 88.1 cm³/mol. The number of carbonyl (C=O) groups excluding carboxylic acids is 1. The predicted octanol–water partition coefficient (Wildman–Crippen LogP) is 1.35. The minimum absolute atomic E-state index is 0.0278. The number of amides is 1. The van der Waals surface area contributed by atoms with Gasteiger partial charge in [-0.1, -0.05) is 11.3 Å². The van der Waals surface area contributed by atoms with Crippen molar-refractivity contribution in [3.63, 3.8) is 0 Å². The van der Waals surface area contributed by atoms with Crippen LogP contribution in [0.5, 0.6) is 0 Å². The highest BCUT2D eigenvalue weighted by molar-refractivity contribution is 7.18. The summed E-state index contributed by atoms with van der Waals surface area (Å²) in [6.07, 6.45) is 2.54. The first-order valence-corrected chi connectivity index (χ1v) is 8.29. The maximum absolute atomic E-state index is 12.5. The number of nitrogen functional groups attached to an aromatic ring is 1. The molecule has 0 saturated carbocycles. The van der Waals surface area contributed by atoms with Gasteiger partial charge in [0.1, 0.15) is 10.7 Å². The Balaban J connectivity index is 1.96. The van der Waals surface area contributed by atoms with Crippen molar-refractivity contribution < 1.29 is 4.79 Å². The monoisotopic (exact) mass is 311 g/mol. The van der Waals surface area contributed by atoms with E-state index >= 15 is 0 Å². The molecule has 0 spiro atoms. The fraction of sp³-hybridized carbons (Fsp3) is 0.714. The lowest BCUT2D eigenvalue weighted by Crippen LogP contribution is -2.35. The molecule has 21 heavy (non-hydrogen) atoms. The van der Waals surface area contributed by atoms with E-state index in [1.807, 2.05) is 25.9 Å². The fourth-order valence-electron chi connectivity index (χ4n) is 2.34. The van der Waals surface area contributed by atoms with Gasteiger partial charge in [-0.2, -0.15) is 0 Å². The molecule has 1 saturated heterocycles. The molecule has 0 aromatic carbocycles. The van der Waals surface area contributed by atoms with E-state index in [-0.39, 0.29) is 5.91 Å². The Morgan fingerprint density at radius 2 is 2.05 bits per heavy atom. The molecule has 0 unspecified atom stereocenters. The van der Waals surface area contributed by atoms with Gasteiger partial charge in [0.2, 0.25) is 0 Å². The number of rotatable bonds is 6. The van der Waals surface area contributed by atoms with Gasteiger partial charge in [0.05, 0.1) is 0 Å². The number of hydrogen-bond donors (Lipinski definition) is 1. The summed E-state index contributed by atoms with van der Waals surface area (Å²) in [5.41, 5.74) is 5.91. The number of nitrogens with zero attached hydrogens (tertiary/aromatic N) is 4. The standard InChI is InChI=1S/C14H25N5OS/c1-4-17(2)14-16-12(15)11(21-14)13(20)18(3)9-10-19-7-5-6-8-19/h4-10,15H2,1-3H3. The molecule has 0 atom stereocenters. The molecule has 1 amide bonds. The summed E-state index contributed by atoms with van der Waals surface area (Å²) in [5.74, 6) is 0.313. The fourth-order valence-corrected chi connectivity index (χ4v) is 3.35. The van der Waals surface area contributed by atoms with Crippen LogP contribution in [0.4, 0.5) is 10.9 Å². The Morgan fingerprint density at radius 3 is 2.67 bits per heavy atom. The van der Waals surface area contributed by atoms with Crippen LogP contribution >= 0.6 is 11.3 Å². The number of thiazole rings is 1. The molecule has 2 rings (SSSR count). The second kappa shape index (κ2) is 7.09. The third-order valence-electron chi connectivity index (χ3n) is 3.93. The third kappa shape index (κ3) is 3.85. The molecule has 1 aliphatic heterocycles. The maximum atomic E-state index is 12.5. The van der Waals surface area contributed by atoms with E-state index < -0.39 is 0 Å². The minimum Gasteiger partial charge on any atom is -0.382 e. The number of anilines is 2.